The molecule has 150 valence electrons. The van der Waals surface area contributed by atoms with Gasteiger partial charge in [0, 0.05) is 6.54 Å². The zero-order valence-electron chi connectivity index (χ0n) is 15.6. The lowest BCUT2D eigenvalue weighted by Crippen LogP contribution is -2.30. The number of carbonyl (C=O) groups is 2. The van der Waals surface area contributed by atoms with Crippen molar-refractivity contribution in [3.8, 4) is 5.75 Å². The Kier molecular flexibility index (Phi) is 7.00. The summed E-state index contributed by atoms with van der Waals surface area (Å²) in [5.41, 5.74) is 1.51. The van der Waals surface area contributed by atoms with Crippen molar-refractivity contribution in [1.29, 1.82) is 0 Å². The minimum absolute atomic E-state index is 0.0280. The highest BCUT2D eigenvalue weighted by atomic mass is 32.2. The van der Waals surface area contributed by atoms with Gasteiger partial charge in [-0.2, -0.15) is 0 Å². The van der Waals surface area contributed by atoms with E-state index in [1.54, 1.807) is 37.5 Å². The van der Waals surface area contributed by atoms with E-state index < -0.39 is 5.97 Å². The first-order valence-electron chi connectivity index (χ1n) is 8.76. The summed E-state index contributed by atoms with van der Waals surface area (Å²) in [6.45, 7) is 0.265. The molecule has 2 aromatic carbocycles. The van der Waals surface area contributed by atoms with Crippen LogP contribution in [-0.4, -0.2) is 34.8 Å². The standard InChI is InChI=1S/C21H18FNO4S2/c1-26-17-4-2-3-15(11-17)13-27-19(24)9-10-23-20(25)18(29-21(23)28)12-14-5-7-16(22)8-6-14/h2-8,11-12H,9-10,13H2,1H3/b18-12+. The molecule has 8 heteroatoms. The van der Waals surface area contributed by atoms with E-state index in [9.17, 15) is 14.0 Å². The fraction of sp³-hybridized carbons (Fsp3) is 0.190. The minimum Gasteiger partial charge on any atom is -0.497 e. The molecule has 0 aromatic heterocycles. The van der Waals surface area contributed by atoms with Crippen molar-refractivity contribution in [3.05, 3.63) is 70.4 Å². The summed E-state index contributed by atoms with van der Waals surface area (Å²) in [7, 11) is 1.57. The van der Waals surface area contributed by atoms with Crippen LogP contribution in [0.5, 0.6) is 5.75 Å². The molecule has 3 rings (SSSR count). The minimum atomic E-state index is -0.426. The molecule has 1 aliphatic heterocycles. The van der Waals surface area contributed by atoms with Crippen molar-refractivity contribution in [3.63, 3.8) is 0 Å². The van der Waals surface area contributed by atoms with Crippen LogP contribution < -0.4 is 4.74 Å². The highest BCUT2D eigenvalue weighted by molar-refractivity contribution is 8.26. The molecule has 0 radical (unpaired) electrons. The summed E-state index contributed by atoms with van der Waals surface area (Å²) in [5, 5.41) is 0. The molecule has 1 fully saturated rings. The SMILES string of the molecule is COc1cccc(COC(=O)CCN2C(=O)/C(=C\c3ccc(F)cc3)SC2=S)c1. The Balaban J connectivity index is 1.53. The summed E-state index contributed by atoms with van der Waals surface area (Å²) < 4.78 is 23.8. The number of thioether (sulfide) groups is 1. The van der Waals surface area contributed by atoms with E-state index in [1.165, 1.54) is 17.0 Å². The first-order chi connectivity index (χ1) is 14.0. The van der Waals surface area contributed by atoms with E-state index in [0.29, 0.717) is 20.5 Å². The Labute approximate surface area is 177 Å². The summed E-state index contributed by atoms with van der Waals surface area (Å²) in [4.78, 5) is 26.4. The summed E-state index contributed by atoms with van der Waals surface area (Å²) >= 11 is 6.41. The Morgan fingerprint density at radius 2 is 2.00 bits per heavy atom. The van der Waals surface area contributed by atoms with Gasteiger partial charge in [-0.15, -0.1) is 0 Å². The van der Waals surface area contributed by atoms with Gasteiger partial charge in [0.15, 0.2) is 0 Å². The summed E-state index contributed by atoms with van der Waals surface area (Å²) in [6, 6.07) is 13.1. The van der Waals surface area contributed by atoms with Crippen molar-refractivity contribution in [2.45, 2.75) is 13.0 Å². The number of ether oxygens (including phenoxy) is 2. The van der Waals surface area contributed by atoms with Crippen LogP contribution in [0.2, 0.25) is 0 Å². The van der Waals surface area contributed by atoms with Crippen LogP contribution in [-0.2, 0) is 20.9 Å². The number of esters is 1. The van der Waals surface area contributed by atoms with Gasteiger partial charge in [-0.05, 0) is 41.5 Å². The van der Waals surface area contributed by atoms with E-state index in [-0.39, 0.29) is 31.3 Å². The second kappa shape index (κ2) is 9.67. The van der Waals surface area contributed by atoms with Crippen LogP contribution >= 0.6 is 24.0 Å². The van der Waals surface area contributed by atoms with E-state index >= 15 is 0 Å². The second-order valence-electron chi connectivity index (χ2n) is 6.15. The van der Waals surface area contributed by atoms with Gasteiger partial charge in [0.2, 0.25) is 0 Å². The van der Waals surface area contributed by atoms with Crippen molar-refractivity contribution in [2.75, 3.05) is 13.7 Å². The van der Waals surface area contributed by atoms with Gasteiger partial charge in [0.05, 0.1) is 18.4 Å². The second-order valence-corrected chi connectivity index (χ2v) is 7.82. The van der Waals surface area contributed by atoms with Crippen LogP contribution in [0.25, 0.3) is 6.08 Å². The number of hydrogen-bond donors (Lipinski definition) is 0. The number of hydrogen-bond acceptors (Lipinski definition) is 6. The van der Waals surface area contributed by atoms with Gasteiger partial charge in [-0.1, -0.05) is 48.2 Å². The first-order valence-corrected chi connectivity index (χ1v) is 9.98. The smallest absolute Gasteiger partial charge is 0.307 e. The third-order valence-corrected chi connectivity index (χ3v) is 5.49. The largest absolute Gasteiger partial charge is 0.497 e. The third-order valence-electron chi connectivity index (χ3n) is 4.11. The van der Waals surface area contributed by atoms with Crippen molar-refractivity contribution >= 4 is 46.3 Å². The Bertz CT molecular complexity index is 959. The Hall–Kier alpha value is -2.71. The average molecular weight is 432 g/mol. The lowest BCUT2D eigenvalue weighted by Gasteiger charge is -2.14. The highest BCUT2D eigenvalue weighted by Gasteiger charge is 2.32. The number of amides is 1. The normalized spacial score (nSPS) is 15.1. The van der Waals surface area contributed by atoms with Gasteiger partial charge in [0.1, 0.15) is 22.5 Å². The number of halogens is 1. The monoisotopic (exact) mass is 431 g/mol. The van der Waals surface area contributed by atoms with Crippen LogP contribution in [0.1, 0.15) is 17.5 Å². The zero-order valence-corrected chi connectivity index (χ0v) is 17.2. The predicted octanol–water partition coefficient (Wildman–Crippen LogP) is 4.17. The number of nitrogens with zero attached hydrogens (tertiary/aromatic N) is 1. The number of carbonyl (C=O) groups excluding carboxylic acids is 2. The fourth-order valence-corrected chi connectivity index (χ4v) is 3.91. The summed E-state index contributed by atoms with van der Waals surface area (Å²) in [5.74, 6) is -0.361. The third kappa shape index (κ3) is 5.65. The van der Waals surface area contributed by atoms with Gasteiger partial charge in [-0.25, -0.2) is 4.39 Å². The summed E-state index contributed by atoms with van der Waals surface area (Å²) in [6.07, 6.45) is 1.68. The molecular formula is C21H18FNO4S2. The Morgan fingerprint density at radius 1 is 1.24 bits per heavy atom. The van der Waals surface area contributed by atoms with E-state index in [4.69, 9.17) is 21.7 Å². The number of methoxy groups -OCH3 is 1. The van der Waals surface area contributed by atoms with E-state index in [1.807, 2.05) is 12.1 Å². The van der Waals surface area contributed by atoms with Crippen LogP contribution in [0.4, 0.5) is 4.39 Å². The van der Waals surface area contributed by atoms with Gasteiger partial charge in [-0.3, -0.25) is 14.5 Å². The topological polar surface area (TPSA) is 55.8 Å². The highest BCUT2D eigenvalue weighted by Crippen LogP contribution is 2.32. The van der Waals surface area contributed by atoms with Crippen LogP contribution in [0.15, 0.2) is 53.4 Å². The molecule has 1 amide bonds. The lowest BCUT2D eigenvalue weighted by atomic mass is 10.2. The number of benzene rings is 2. The molecule has 0 atom stereocenters. The molecule has 29 heavy (non-hydrogen) atoms. The Morgan fingerprint density at radius 3 is 2.72 bits per heavy atom. The van der Waals surface area contributed by atoms with Gasteiger partial charge < -0.3 is 9.47 Å². The molecule has 0 saturated carbocycles. The molecule has 0 bridgehead atoms. The fourth-order valence-electron chi connectivity index (χ4n) is 2.60. The zero-order chi connectivity index (χ0) is 20.8. The molecule has 5 nitrogen and oxygen atoms in total. The molecule has 2 aromatic rings. The molecule has 0 unspecified atom stereocenters. The predicted molar refractivity (Wildman–Crippen MR) is 114 cm³/mol. The van der Waals surface area contributed by atoms with Crippen molar-refractivity contribution in [2.24, 2.45) is 0 Å². The van der Waals surface area contributed by atoms with Gasteiger partial charge in [0.25, 0.3) is 5.91 Å². The van der Waals surface area contributed by atoms with Crippen LogP contribution in [0.3, 0.4) is 0 Å². The number of rotatable bonds is 7. The maximum Gasteiger partial charge on any atom is 0.307 e. The van der Waals surface area contributed by atoms with Crippen LogP contribution in [0, 0.1) is 5.82 Å². The lowest BCUT2D eigenvalue weighted by molar-refractivity contribution is -0.145. The van der Waals surface area contributed by atoms with E-state index in [2.05, 4.69) is 0 Å². The maximum absolute atomic E-state index is 13.0. The molecular weight excluding hydrogens is 413 g/mol. The molecule has 1 heterocycles. The quantitative estimate of drug-likeness (QED) is 0.373. The molecule has 1 saturated heterocycles. The molecule has 0 aliphatic carbocycles. The van der Waals surface area contributed by atoms with E-state index in [0.717, 1.165) is 17.3 Å². The van der Waals surface area contributed by atoms with Crippen molar-refractivity contribution in [1.82, 2.24) is 4.90 Å². The first kappa shape index (κ1) is 21.0. The molecule has 1 aliphatic rings. The number of thiocarbonyl (C=S) groups is 1. The van der Waals surface area contributed by atoms with Gasteiger partial charge >= 0.3 is 5.97 Å². The van der Waals surface area contributed by atoms with Crippen molar-refractivity contribution < 1.29 is 23.5 Å². The average Bonchev–Trinajstić information content (AvgIpc) is 2.99. The maximum atomic E-state index is 13.0. The molecule has 0 N–H and O–H groups in total. The molecule has 0 spiro atoms.